The Balaban J connectivity index is 2.33. The van der Waals surface area contributed by atoms with Crippen LogP contribution in [0.4, 0.5) is 0 Å². The van der Waals surface area contributed by atoms with Crippen LogP contribution in [0.25, 0.3) is 5.57 Å². The van der Waals surface area contributed by atoms with E-state index in [1.54, 1.807) is 7.11 Å². The van der Waals surface area contributed by atoms with Crippen molar-refractivity contribution in [3.05, 3.63) is 35.4 Å². The van der Waals surface area contributed by atoms with Crippen LogP contribution in [0.3, 0.4) is 0 Å². The van der Waals surface area contributed by atoms with E-state index in [1.807, 2.05) is 24.3 Å². The van der Waals surface area contributed by atoms with E-state index in [-0.39, 0.29) is 6.42 Å². The minimum Gasteiger partial charge on any atom is -0.497 e. The molecule has 0 unspecified atom stereocenters. The molecule has 1 aromatic rings. The average molecular weight is 204 g/mol. The summed E-state index contributed by atoms with van der Waals surface area (Å²) in [6.07, 6.45) is 2.88. The standard InChI is InChI=1S/C12H12O3/c1-15-10-5-4-8-2-3-9(6-12(13)14)11(8)7-10/h3-5,7H,2,6H2,1H3,(H,13,14). The third-order valence-corrected chi connectivity index (χ3v) is 2.57. The highest BCUT2D eigenvalue weighted by atomic mass is 16.5. The SMILES string of the molecule is COc1ccc2c(c1)C(CC(=O)O)=CC2. The average Bonchev–Trinajstić information content (AvgIpc) is 2.60. The van der Waals surface area contributed by atoms with Crippen molar-refractivity contribution in [3.8, 4) is 5.75 Å². The molecule has 1 aliphatic carbocycles. The van der Waals surface area contributed by atoms with Crippen LogP contribution in [0.1, 0.15) is 17.5 Å². The van der Waals surface area contributed by atoms with E-state index in [1.165, 1.54) is 5.56 Å². The van der Waals surface area contributed by atoms with Crippen molar-refractivity contribution in [1.82, 2.24) is 0 Å². The number of carbonyl (C=O) groups is 1. The van der Waals surface area contributed by atoms with Gasteiger partial charge in [-0.3, -0.25) is 4.79 Å². The van der Waals surface area contributed by atoms with E-state index >= 15 is 0 Å². The van der Waals surface area contributed by atoms with Crippen molar-refractivity contribution in [3.63, 3.8) is 0 Å². The molecule has 2 rings (SSSR count). The normalized spacial score (nSPS) is 13.3. The first-order valence-corrected chi connectivity index (χ1v) is 4.79. The van der Waals surface area contributed by atoms with Crippen LogP contribution in [0, 0.1) is 0 Å². The molecule has 15 heavy (non-hydrogen) atoms. The number of hydrogen-bond acceptors (Lipinski definition) is 2. The van der Waals surface area contributed by atoms with E-state index in [9.17, 15) is 4.79 Å². The first-order valence-electron chi connectivity index (χ1n) is 4.79. The van der Waals surface area contributed by atoms with Crippen molar-refractivity contribution in [2.24, 2.45) is 0 Å². The van der Waals surface area contributed by atoms with Crippen molar-refractivity contribution in [2.75, 3.05) is 7.11 Å². The molecule has 0 radical (unpaired) electrons. The van der Waals surface area contributed by atoms with E-state index in [4.69, 9.17) is 9.84 Å². The van der Waals surface area contributed by atoms with Gasteiger partial charge >= 0.3 is 5.97 Å². The Bertz CT molecular complexity index is 432. The number of allylic oxidation sites excluding steroid dienone is 1. The van der Waals surface area contributed by atoms with Crippen LogP contribution in [0.15, 0.2) is 24.3 Å². The molecule has 0 aromatic heterocycles. The van der Waals surface area contributed by atoms with Gasteiger partial charge in [0.25, 0.3) is 0 Å². The molecular formula is C12H12O3. The van der Waals surface area contributed by atoms with Gasteiger partial charge in [-0.25, -0.2) is 0 Å². The van der Waals surface area contributed by atoms with Crippen molar-refractivity contribution >= 4 is 11.5 Å². The largest absolute Gasteiger partial charge is 0.497 e. The van der Waals surface area contributed by atoms with Crippen LogP contribution >= 0.6 is 0 Å². The minimum absolute atomic E-state index is 0.0835. The second-order valence-corrected chi connectivity index (χ2v) is 3.53. The summed E-state index contributed by atoms with van der Waals surface area (Å²) in [5.41, 5.74) is 3.07. The maximum Gasteiger partial charge on any atom is 0.307 e. The molecule has 1 aliphatic rings. The van der Waals surface area contributed by atoms with E-state index in [2.05, 4.69) is 0 Å². The summed E-state index contributed by atoms with van der Waals surface area (Å²) >= 11 is 0. The monoisotopic (exact) mass is 204 g/mol. The Morgan fingerprint density at radius 2 is 2.33 bits per heavy atom. The Morgan fingerprint density at radius 1 is 1.53 bits per heavy atom. The molecule has 0 atom stereocenters. The predicted molar refractivity (Wildman–Crippen MR) is 56.9 cm³/mol. The molecule has 0 heterocycles. The van der Waals surface area contributed by atoms with Gasteiger partial charge in [0.2, 0.25) is 0 Å². The lowest BCUT2D eigenvalue weighted by Gasteiger charge is -2.06. The zero-order chi connectivity index (χ0) is 10.8. The Kier molecular flexibility index (Phi) is 2.46. The van der Waals surface area contributed by atoms with Gasteiger partial charge in [-0.2, -0.15) is 0 Å². The first kappa shape index (κ1) is 9.77. The topological polar surface area (TPSA) is 46.5 Å². The molecule has 78 valence electrons. The number of rotatable bonds is 3. The first-order chi connectivity index (χ1) is 7.20. The van der Waals surface area contributed by atoms with Crippen molar-refractivity contribution < 1.29 is 14.6 Å². The summed E-state index contributed by atoms with van der Waals surface area (Å²) in [7, 11) is 1.61. The molecule has 0 bridgehead atoms. The van der Waals surface area contributed by atoms with Crippen LogP contribution in [0.5, 0.6) is 5.75 Å². The third-order valence-electron chi connectivity index (χ3n) is 2.57. The Morgan fingerprint density at radius 3 is 3.00 bits per heavy atom. The fraction of sp³-hybridized carbons (Fsp3) is 0.250. The second-order valence-electron chi connectivity index (χ2n) is 3.53. The molecule has 0 amide bonds. The minimum atomic E-state index is -0.795. The summed E-state index contributed by atoms with van der Waals surface area (Å²) < 4.78 is 5.12. The molecule has 0 saturated carbocycles. The molecule has 3 nitrogen and oxygen atoms in total. The van der Waals surface area contributed by atoms with Gasteiger partial charge in [-0.15, -0.1) is 0 Å². The van der Waals surface area contributed by atoms with Crippen LogP contribution in [0.2, 0.25) is 0 Å². The lowest BCUT2D eigenvalue weighted by Crippen LogP contribution is -1.96. The number of methoxy groups -OCH3 is 1. The molecular weight excluding hydrogens is 192 g/mol. The number of benzene rings is 1. The summed E-state index contributed by atoms with van der Waals surface area (Å²) in [4.78, 5) is 10.6. The van der Waals surface area contributed by atoms with Gasteiger partial charge < -0.3 is 9.84 Å². The number of carboxylic acids is 1. The number of hydrogen-bond donors (Lipinski definition) is 1. The highest BCUT2D eigenvalue weighted by Gasteiger charge is 2.16. The molecule has 0 saturated heterocycles. The number of fused-ring (bicyclic) bond motifs is 1. The smallest absolute Gasteiger partial charge is 0.307 e. The lowest BCUT2D eigenvalue weighted by atomic mass is 10.0. The summed E-state index contributed by atoms with van der Waals surface area (Å²) in [5.74, 6) is -0.0242. The van der Waals surface area contributed by atoms with Gasteiger partial charge in [-0.05, 0) is 35.3 Å². The zero-order valence-electron chi connectivity index (χ0n) is 8.49. The van der Waals surface area contributed by atoms with E-state index in [0.717, 1.165) is 23.3 Å². The molecule has 0 spiro atoms. The summed E-state index contributed by atoms with van der Waals surface area (Å²) in [5, 5.41) is 8.75. The number of aliphatic carboxylic acids is 1. The summed E-state index contributed by atoms with van der Waals surface area (Å²) in [6.45, 7) is 0. The van der Waals surface area contributed by atoms with Crippen LogP contribution in [-0.4, -0.2) is 18.2 Å². The molecule has 0 aliphatic heterocycles. The summed E-state index contributed by atoms with van der Waals surface area (Å²) in [6, 6.07) is 5.78. The third kappa shape index (κ3) is 1.86. The second kappa shape index (κ2) is 3.77. The maximum absolute atomic E-state index is 10.6. The molecule has 1 N–H and O–H groups in total. The fourth-order valence-corrected chi connectivity index (χ4v) is 1.83. The highest BCUT2D eigenvalue weighted by molar-refractivity contribution is 5.87. The predicted octanol–water partition coefficient (Wildman–Crippen LogP) is 2.11. The fourth-order valence-electron chi connectivity index (χ4n) is 1.83. The van der Waals surface area contributed by atoms with Gasteiger partial charge in [0.15, 0.2) is 0 Å². The van der Waals surface area contributed by atoms with E-state index in [0.29, 0.717) is 0 Å². The van der Waals surface area contributed by atoms with Gasteiger partial charge in [0, 0.05) is 0 Å². The lowest BCUT2D eigenvalue weighted by molar-refractivity contribution is -0.135. The molecule has 0 fully saturated rings. The van der Waals surface area contributed by atoms with Crippen LogP contribution in [-0.2, 0) is 11.2 Å². The van der Waals surface area contributed by atoms with Gasteiger partial charge in [-0.1, -0.05) is 12.1 Å². The quantitative estimate of drug-likeness (QED) is 0.820. The number of carboxylic acid groups (broad SMARTS) is 1. The van der Waals surface area contributed by atoms with Crippen molar-refractivity contribution in [1.29, 1.82) is 0 Å². The molecule has 1 aromatic carbocycles. The Labute approximate surface area is 88.0 Å². The van der Waals surface area contributed by atoms with E-state index < -0.39 is 5.97 Å². The zero-order valence-corrected chi connectivity index (χ0v) is 8.49. The van der Waals surface area contributed by atoms with Gasteiger partial charge in [0.05, 0.1) is 13.5 Å². The maximum atomic E-state index is 10.6. The number of ether oxygens (including phenoxy) is 1. The highest BCUT2D eigenvalue weighted by Crippen LogP contribution is 2.32. The van der Waals surface area contributed by atoms with Crippen LogP contribution < -0.4 is 4.74 Å². The van der Waals surface area contributed by atoms with Gasteiger partial charge in [0.1, 0.15) is 5.75 Å². The Hall–Kier alpha value is -1.77. The van der Waals surface area contributed by atoms with Crippen molar-refractivity contribution in [2.45, 2.75) is 12.8 Å². The molecule has 3 heteroatoms.